The number of nitrogens with one attached hydrogen (secondary N) is 1. The van der Waals surface area contributed by atoms with Gasteiger partial charge in [-0.1, -0.05) is 6.07 Å². The molecule has 8 heteroatoms. The summed E-state index contributed by atoms with van der Waals surface area (Å²) in [6.45, 7) is 5.55. The predicted octanol–water partition coefficient (Wildman–Crippen LogP) is 2.67. The van der Waals surface area contributed by atoms with Crippen LogP contribution in [0.4, 0.5) is 5.69 Å². The van der Waals surface area contributed by atoms with Crippen molar-refractivity contribution in [2.45, 2.75) is 18.7 Å². The van der Waals surface area contributed by atoms with Crippen LogP contribution in [0.15, 0.2) is 47.4 Å². The van der Waals surface area contributed by atoms with Crippen LogP contribution >= 0.6 is 0 Å². The Labute approximate surface area is 165 Å². The lowest BCUT2D eigenvalue weighted by molar-refractivity contribution is 0.0730. The molecule has 2 aromatic carbocycles. The average molecular weight is 404 g/mol. The SMILES string of the molecule is CCOc1ccc(NC(=O)c2ccc(C)c(S(=O)(=O)N3CCOCC3)c2)cc1. The summed E-state index contributed by atoms with van der Waals surface area (Å²) < 4.78 is 37.9. The number of amides is 1. The van der Waals surface area contributed by atoms with Crippen LogP contribution in [0.5, 0.6) is 5.75 Å². The van der Waals surface area contributed by atoms with E-state index in [4.69, 9.17) is 9.47 Å². The molecule has 28 heavy (non-hydrogen) atoms. The van der Waals surface area contributed by atoms with E-state index in [1.165, 1.54) is 10.4 Å². The number of hydrogen-bond donors (Lipinski definition) is 1. The largest absolute Gasteiger partial charge is 0.494 e. The van der Waals surface area contributed by atoms with Gasteiger partial charge in [0.05, 0.1) is 24.7 Å². The fraction of sp³-hybridized carbons (Fsp3) is 0.350. The van der Waals surface area contributed by atoms with Gasteiger partial charge in [-0.3, -0.25) is 4.79 Å². The van der Waals surface area contributed by atoms with Gasteiger partial charge in [0, 0.05) is 24.3 Å². The lowest BCUT2D eigenvalue weighted by Crippen LogP contribution is -2.40. The number of ether oxygens (including phenoxy) is 2. The Morgan fingerprint density at radius 1 is 1.14 bits per heavy atom. The Morgan fingerprint density at radius 2 is 1.82 bits per heavy atom. The summed E-state index contributed by atoms with van der Waals surface area (Å²) in [4.78, 5) is 12.8. The summed E-state index contributed by atoms with van der Waals surface area (Å²) in [5.74, 6) is 0.345. The van der Waals surface area contributed by atoms with E-state index in [-0.39, 0.29) is 16.4 Å². The molecule has 0 radical (unpaired) electrons. The van der Waals surface area contributed by atoms with Crippen LogP contribution in [0, 0.1) is 6.92 Å². The number of sulfonamides is 1. The molecule has 0 unspecified atom stereocenters. The zero-order valence-corrected chi connectivity index (χ0v) is 16.8. The topological polar surface area (TPSA) is 84.9 Å². The summed E-state index contributed by atoms with van der Waals surface area (Å²) in [6.07, 6.45) is 0. The minimum atomic E-state index is -3.68. The first-order valence-electron chi connectivity index (χ1n) is 9.14. The Balaban J connectivity index is 1.81. The number of hydrogen-bond acceptors (Lipinski definition) is 5. The fourth-order valence-electron chi connectivity index (χ4n) is 2.95. The first-order chi connectivity index (χ1) is 13.4. The van der Waals surface area contributed by atoms with Gasteiger partial charge in [-0.25, -0.2) is 8.42 Å². The molecule has 2 aromatic rings. The average Bonchev–Trinajstić information content (AvgIpc) is 2.70. The van der Waals surface area contributed by atoms with Gasteiger partial charge in [0.25, 0.3) is 5.91 Å². The van der Waals surface area contributed by atoms with E-state index < -0.39 is 10.0 Å². The number of nitrogens with zero attached hydrogens (tertiary/aromatic N) is 1. The second-order valence-corrected chi connectivity index (χ2v) is 8.31. The Kier molecular flexibility index (Phi) is 6.33. The molecule has 3 rings (SSSR count). The molecule has 0 atom stereocenters. The molecule has 1 amide bonds. The Morgan fingerprint density at radius 3 is 2.46 bits per heavy atom. The molecule has 1 fully saturated rings. The van der Waals surface area contributed by atoms with Gasteiger partial charge < -0.3 is 14.8 Å². The number of rotatable bonds is 6. The summed E-state index contributed by atoms with van der Waals surface area (Å²) in [6, 6.07) is 11.7. The molecular formula is C20H24N2O5S. The highest BCUT2D eigenvalue weighted by atomic mass is 32.2. The third-order valence-corrected chi connectivity index (χ3v) is 6.50. The van der Waals surface area contributed by atoms with Crippen LogP contribution in [-0.4, -0.2) is 51.5 Å². The molecular weight excluding hydrogens is 380 g/mol. The second kappa shape index (κ2) is 8.72. The molecule has 0 aromatic heterocycles. The zero-order chi connectivity index (χ0) is 20.1. The van der Waals surface area contributed by atoms with Crippen LogP contribution in [0.1, 0.15) is 22.8 Å². The summed E-state index contributed by atoms with van der Waals surface area (Å²) in [5, 5.41) is 2.78. The van der Waals surface area contributed by atoms with Gasteiger partial charge in [-0.2, -0.15) is 4.31 Å². The number of carbonyl (C=O) groups excluding carboxylic acids is 1. The zero-order valence-electron chi connectivity index (χ0n) is 16.0. The van der Waals surface area contributed by atoms with Crippen molar-refractivity contribution < 1.29 is 22.7 Å². The molecule has 1 heterocycles. The smallest absolute Gasteiger partial charge is 0.255 e. The van der Waals surface area contributed by atoms with Gasteiger partial charge in [0.2, 0.25) is 10.0 Å². The molecule has 1 aliphatic heterocycles. The first kappa shape index (κ1) is 20.3. The van der Waals surface area contributed by atoms with Gasteiger partial charge in [0.15, 0.2) is 0 Å². The summed E-state index contributed by atoms with van der Waals surface area (Å²) in [5.41, 5.74) is 1.49. The molecule has 0 bridgehead atoms. The van der Waals surface area contributed by atoms with Gasteiger partial charge in [-0.05, 0) is 55.8 Å². The standard InChI is InChI=1S/C20H24N2O5S/c1-3-27-18-8-6-17(7-9-18)21-20(23)16-5-4-15(2)19(14-16)28(24,25)22-10-12-26-13-11-22/h4-9,14H,3,10-13H2,1-2H3,(H,21,23). The third-order valence-electron chi connectivity index (χ3n) is 4.46. The molecule has 7 nitrogen and oxygen atoms in total. The van der Waals surface area contributed by atoms with Crippen molar-refractivity contribution >= 4 is 21.6 Å². The quantitative estimate of drug-likeness (QED) is 0.800. The van der Waals surface area contributed by atoms with Gasteiger partial charge >= 0.3 is 0 Å². The van der Waals surface area contributed by atoms with Crippen molar-refractivity contribution in [2.75, 3.05) is 38.2 Å². The highest BCUT2D eigenvalue weighted by Crippen LogP contribution is 2.23. The first-order valence-corrected chi connectivity index (χ1v) is 10.6. The maximum absolute atomic E-state index is 13.0. The van der Waals surface area contributed by atoms with Crippen molar-refractivity contribution in [3.8, 4) is 5.75 Å². The lowest BCUT2D eigenvalue weighted by Gasteiger charge is -2.26. The van der Waals surface area contributed by atoms with Crippen LogP contribution < -0.4 is 10.1 Å². The fourth-order valence-corrected chi connectivity index (χ4v) is 4.61. The molecule has 0 saturated carbocycles. The van der Waals surface area contributed by atoms with E-state index in [1.54, 1.807) is 43.3 Å². The molecule has 0 aliphatic carbocycles. The monoisotopic (exact) mass is 404 g/mol. The van der Waals surface area contributed by atoms with Crippen LogP contribution in [0.3, 0.4) is 0 Å². The van der Waals surface area contributed by atoms with E-state index in [2.05, 4.69) is 5.32 Å². The number of anilines is 1. The van der Waals surface area contributed by atoms with Crippen molar-refractivity contribution in [3.63, 3.8) is 0 Å². The Hall–Kier alpha value is -2.42. The summed E-state index contributed by atoms with van der Waals surface area (Å²) >= 11 is 0. The lowest BCUT2D eigenvalue weighted by atomic mass is 10.1. The number of carbonyl (C=O) groups is 1. The van der Waals surface area contributed by atoms with Gasteiger partial charge in [-0.15, -0.1) is 0 Å². The number of aryl methyl sites for hydroxylation is 1. The van der Waals surface area contributed by atoms with Gasteiger partial charge in [0.1, 0.15) is 5.75 Å². The highest BCUT2D eigenvalue weighted by molar-refractivity contribution is 7.89. The normalized spacial score (nSPS) is 15.2. The molecule has 1 saturated heterocycles. The Bertz CT molecular complexity index is 936. The third kappa shape index (κ3) is 4.52. The van der Waals surface area contributed by atoms with Crippen molar-refractivity contribution in [1.82, 2.24) is 4.31 Å². The minimum Gasteiger partial charge on any atom is -0.494 e. The second-order valence-electron chi connectivity index (χ2n) is 6.41. The molecule has 0 spiro atoms. The molecule has 1 N–H and O–H groups in total. The van der Waals surface area contributed by atoms with E-state index in [1.807, 2.05) is 6.92 Å². The maximum Gasteiger partial charge on any atom is 0.255 e. The van der Waals surface area contributed by atoms with Crippen LogP contribution in [0.25, 0.3) is 0 Å². The van der Waals surface area contributed by atoms with E-state index in [0.29, 0.717) is 44.2 Å². The maximum atomic E-state index is 13.0. The number of benzene rings is 2. The summed E-state index contributed by atoms with van der Waals surface area (Å²) in [7, 11) is -3.68. The van der Waals surface area contributed by atoms with Crippen molar-refractivity contribution in [1.29, 1.82) is 0 Å². The number of morpholine rings is 1. The van der Waals surface area contributed by atoms with E-state index in [9.17, 15) is 13.2 Å². The van der Waals surface area contributed by atoms with Crippen LogP contribution in [-0.2, 0) is 14.8 Å². The van der Waals surface area contributed by atoms with E-state index >= 15 is 0 Å². The van der Waals surface area contributed by atoms with Crippen molar-refractivity contribution in [2.24, 2.45) is 0 Å². The molecule has 1 aliphatic rings. The van der Waals surface area contributed by atoms with Crippen LogP contribution in [0.2, 0.25) is 0 Å². The highest BCUT2D eigenvalue weighted by Gasteiger charge is 2.28. The minimum absolute atomic E-state index is 0.147. The molecule has 150 valence electrons. The van der Waals surface area contributed by atoms with E-state index in [0.717, 1.165) is 5.75 Å². The predicted molar refractivity (Wildman–Crippen MR) is 106 cm³/mol. The van der Waals surface area contributed by atoms with Crippen molar-refractivity contribution in [3.05, 3.63) is 53.6 Å².